The van der Waals surface area contributed by atoms with Gasteiger partial charge in [0.05, 0.1) is 6.04 Å². The molecule has 1 heterocycles. The molecule has 2 amide bonds. The van der Waals surface area contributed by atoms with Gasteiger partial charge in [-0.2, -0.15) is 0 Å². The molecule has 1 aromatic carbocycles. The van der Waals surface area contributed by atoms with Gasteiger partial charge in [-0.25, -0.2) is 0 Å². The standard InChI is InChI=1S/C18H26N2O2/c1-3-7-17(21)20-12-10-16(11-13-20)18(22)19-14(2)15-8-5-4-6-9-15/h4-6,8-9,14,16H,3,7,10-13H2,1-2H3,(H,19,22)/t14-/m0/s1. The van der Waals surface area contributed by atoms with Gasteiger partial charge in [-0.3, -0.25) is 9.59 Å². The van der Waals surface area contributed by atoms with E-state index in [1.807, 2.05) is 49.1 Å². The van der Waals surface area contributed by atoms with Gasteiger partial charge >= 0.3 is 0 Å². The Morgan fingerprint density at radius 3 is 2.45 bits per heavy atom. The summed E-state index contributed by atoms with van der Waals surface area (Å²) in [6.07, 6.45) is 3.03. The predicted molar refractivity (Wildman–Crippen MR) is 87.2 cm³/mol. The first kappa shape index (κ1) is 16.5. The number of nitrogens with one attached hydrogen (secondary N) is 1. The molecule has 0 radical (unpaired) electrons. The summed E-state index contributed by atoms with van der Waals surface area (Å²) < 4.78 is 0. The molecule has 1 saturated heterocycles. The van der Waals surface area contributed by atoms with E-state index >= 15 is 0 Å². The Labute approximate surface area is 132 Å². The van der Waals surface area contributed by atoms with E-state index in [1.54, 1.807) is 0 Å². The van der Waals surface area contributed by atoms with Crippen molar-refractivity contribution >= 4 is 11.8 Å². The number of benzene rings is 1. The quantitative estimate of drug-likeness (QED) is 0.909. The van der Waals surface area contributed by atoms with Crippen molar-refractivity contribution < 1.29 is 9.59 Å². The average Bonchev–Trinajstić information content (AvgIpc) is 2.56. The van der Waals surface area contributed by atoms with Crippen LogP contribution in [-0.2, 0) is 9.59 Å². The van der Waals surface area contributed by atoms with Crippen LogP contribution in [0.4, 0.5) is 0 Å². The van der Waals surface area contributed by atoms with E-state index < -0.39 is 0 Å². The first-order valence-electron chi connectivity index (χ1n) is 8.25. The summed E-state index contributed by atoms with van der Waals surface area (Å²) in [6.45, 7) is 5.43. The molecule has 1 atom stereocenters. The van der Waals surface area contributed by atoms with E-state index in [2.05, 4.69) is 5.32 Å². The van der Waals surface area contributed by atoms with Crippen LogP contribution in [0.3, 0.4) is 0 Å². The lowest BCUT2D eigenvalue weighted by Gasteiger charge is -2.32. The minimum atomic E-state index is 0.0217. The Balaban J connectivity index is 1.81. The van der Waals surface area contributed by atoms with Crippen LogP contribution in [0, 0.1) is 5.92 Å². The topological polar surface area (TPSA) is 49.4 Å². The van der Waals surface area contributed by atoms with Gasteiger partial charge < -0.3 is 10.2 Å². The van der Waals surface area contributed by atoms with Crippen LogP contribution >= 0.6 is 0 Å². The van der Waals surface area contributed by atoms with Crippen LogP contribution in [-0.4, -0.2) is 29.8 Å². The van der Waals surface area contributed by atoms with Crippen LogP contribution in [0.5, 0.6) is 0 Å². The van der Waals surface area contributed by atoms with E-state index in [1.165, 1.54) is 0 Å². The van der Waals surface area contributed by atoms with Crippen LogP contribution < -0.4 is 5.32 Å². The average molecular weight is 302 g/mol. The SMILES string of the molecule is CCCC(=O)N1CCC(C(=O)N[C@@H](C)c2ccccc2)CC1. The summed E-state index contributed by atoms with van der Waals surface area (Å²) in [7, 11) is 0. The summed E-state index contributed by atoms with van der Waals surface area (Å²) in [5, 5.41) is 3.09. The molecule has 0 bridgehead atoms. The van der Waals surface area contributed by atoms with Crippen molar-refractivity contribution in [2.24, 2.45) is 5.92 Å². The van der Waals surface area contributed by atoms with Gasteiger partial charge in [0, 0.05) is 25.4 Å². The van der Waals surface area contributed by atoms with Gasteiger partial charge in [-0.15, -0.1) is 0 Å². The van der Waals surface area contributed by atoms with Gasteiger partial charge in [0.2, 0.25) is 11.8 Å². The third kappa shape index (κ3) is 4.33. The van der Waals surface area contributed by atoms with E-state index in [0.29, 0.717) is 19.5 Å². The molecular formula is C18H26N2O2. The number of piperidine rings is 1. The van der Waals surface area contributed by atoms with Gasteiger partial charge in [-0.05, 0) is 31.7 Å². The van der Waals surface area contributed by atoms with Gasteiger partial charge in [0.25, 0.3) is 0 Å². The highest BCUT2D eigenvalue weighted by molar-refractivity contribution is 5.80. The zero-order valence-corrected chi connectivity index (χ0v) is 13.5. The predicted octanol–water partition coefficient (Wildman–Crippen LogP) is 2.90. The number of rotatable bonds is 5. The van der Waals surface area contributed by atoms with Crippen molar-refractivity contribution in [2.75, 3.05) is 13.1 Å². The molecule has 0 saturated carbocycles. The molecular weight excluding hydrogens is 276 g/mol. The molecule has 4 nitrogen and oxygen atoms in total. The zero-order chi connectivity index (χ0) is 15.9. The molecule has 120 valence electrons. The van der Waals surface area contributed by atoms with E-state index in [9.17, 15) is 9.59 Å². The molecule has 0 unspecified atom stereocenters. The minimum absolute atomic E-state index is 0.0217. The number of carbonyl (C=O) groups excluding carboxylic acids is 2. The molecule has 1 aliphatic rings. The normalized spacial score (nSPS) is 17.1. The molecule has 22 heavy (non-hydrogen) atoms. The number of hydrogen-bond donors (Lipinski definition) is 1. The highest BCUT2D eigenvalue weighted by atomic mass is 16.2. The summed E-state index contributed by atoms with van der Waals surface area (Å²) in [5.74, 6) is 0.356. The molecule has 1 aliphatic heterocycles. The first-order valence-corrected chi connectivity index (χ1v) is 8.25. The molecule has 1 aromatic rings. The minimum Gasteiger partial charge on any atom is -0.349 e. The van der Waals surface area contributed by atoms with Gasteiger partial charge in [-0.1, -0.05) is 37.3 Å². The second kappa shape index (κ2) is 7.97. The maximum absolute atomic E-state index is 12.4. The Hall–Kier alpha value is -1.84. The Bertz CT molecular complexity index is 493. The number of amides is 2. The summed E-state index contributed by atoms with van der Waals surface area (Å²) in [5.41, 5.74) is 1.12. The maximum Gasteiger partial charge on any atom is 0.223 e. The molecule has 4 heteroatoms. The van der Waals surface area contributed by atoms with Crippen molar-refractivity contribution in [2.45, 2.75) is 45.6 Å². The third-order valence-corrected chi connectivity index (χ3v) is 4.34. The highest BCUT2D eigenvalue weighted by Gasteiger charge is 2.27. The fourth-order valence-corrected chi connectivity index (χ4v) is 2.92. The number of likely N-dealkylation sites (tertiary alicyclic amines) is 1. The number of nitrogens with zero attached hydrogens (tertiary/aromatic N) is 1. The molecule has 0 aromatic heterocycles. The second-order valence-corrected chi connectivity index (χ2v) is 6.05. The molecule has 0 aliphatic carbocycles. The van der Waals surface area contributed by atoms with Crippen LogP contribution in [0.15, 0.2) is 30.3 Å². The second-order valence-electron chi connectivity index (χ2n) is 6.05. The lowest BCUT2D eigenvalue weighted by atomic mass is 9.95. The number of hydrogen-bond acceptors (Lipinski definition) is 2. The lowest BCUT2D eigenvalue weighted by molar-refractivity contribution is -0.135. The molecule has 2 rings (SSSR count). The monoisotopic (exact) mass is 302 g/mol. The van der Waals surface area contributed by atoms with Crippen molar-refractivity contribution in [1.29, 1.82) is 0 Å². The van der Waals surface area contributed by atoms with Crippen molar-refractivity contribution in [3.8, 4) is 0 Å². The van der Waals surface area contributed by atoms with Crippen LogP contribution in [0.1, 0.15) is 51.1 Å². The Kier molecular flexibility index (Phi) is 5.99. The van der Waals surface area contributed by atoms with E-state index in [4.69, 9.17) is 0 Å². The molecule has 1 fully saturated rings. The van der Waals surface area contributed by atoms with Gasteiger partial charge in [0.15, 0.2) is 0 Å². The maximum atomic E-state index is 12.4. The highest BCUT2D eigenvalue weighted by Crippen LogP contribution is 2.20. The van der Waals surface area contributed by atoms with Crippen molar-refractivity contribution in [3.63, 3.8) is 0 Å². The van der Waals surface area contributed by atoms with E-state index in [0.717, 1.165) is 24.8 Å². The number of carbonyl (C=O) groups is 2. The van der Waals surface area contributed by atoms with Gasteiger partial charge in [0.1, 0.15) is 0 Å². The summed E-state index contributed by atoms with van der Waals surface area (Å²) in [6, 6.07) is 10.0. The van der Waals surface area contributed by atoms with E-state index in [-0.39, 0.29) is 23.8 Å². The van der Waals surface area contributed by atoms with Crippen LogP contribution in [0.25, 0.3) is 0 Å². The molecule has 0 spiro atoms. The fourth-order valence-electron chi connectivity index (χ4n) is 2.92. The summed E-state index contributed by atoms with van der Waals surface area (Å²) in [4.78, 5) is 26.1. The van der Waals surface area contributed by atoms with Crippen molar-refractivity contribution in [1.82, 2.24) is 10.2 Å². The zero-order valence-electron chi connectivity index (χ0n) is 13.5. The Morgan fingerprint density at radius 1 is 1.23 bits per heavy atom. The molecule has 1 N–H and O–H groups in total. The third-order valence-electron chi connectivity index (χ3n) is 4.34. The Morgan fingerprint density at radius 2 is 1.86 bits per heavy atom. The van der Waals surface area contributed by atoms with Crippen LogP contribution in [0.2, 0.25) is 0 Å². The fraction of sp³-hybridized carbons (Fsp3) is 0.556. The lowest BCUT2D eigenvalue weighted by Crippen LogP contribution is -2.43. The largest absolute Gasteiger partial charge is 0.349 e. The summed E-state index contributed by atoms with van der Waals surface area (Å²) >= 11 is 0. The smallest absolute Gasteiger partial charge is 0.223 e. The van der Waals surface area contributed by atoms with Crippen molar-refractivity contribution in [3.05, 3.63) is 35.9 Å². The first-order chi connectivity index (χ1) is 10.6.